The molecule has 58 heavy (non-hydrogen) atoms. The Morgan fingerprint density at radius 3 is 1.50 bits per heavy atom. The van der Waals surface area contributed by atoms with Crippen LogP contribution in [0.2, 0.25) is 0 Å². The zero-order valence-electron chi connectivity index (χ0n) is 31.7. The van der Waals surface area contributed by atoms with Gasteiger partial charge in [0.2, 0.25) is 0 Å². The molecule has 0 aromatic heterocycles. The molecule has 1 unspecified atom stereocenters. The molecule has 0 bridgehead atoms. The van der Waals surface area contributed by atoms with Gasteiger partial charge >= 0.3 is 0 Å². The molecule has 10 aromatic rings. The second-order valence-electron chi connectivity index (χ2n) is 15.0. The quantitative estimate of drug-likeness (QED) is 0.169. The van der Waals surface area contributed by atoms with Crippen molar-refractivity contribution in [2.24, 2.45) is 9.98 Å². The summed E-state index contributed by atoms with van der Waals surface area (Å²) >= 11 is 0. The summed E-state index contributed by atoms with van der Waals surface area (Å²) in [6, 6.07) is 76.1. The molecule has 272 valence electrons. The number of aliphatic imine (C=N–C) groups is 2. The van der Waals surface area contributed by atoms with Crippen LogP contribution in [0.25, 0.3) is 76.5 Å². The lowest BCUT2D eigenvalue weighted by Crippen LogP contribution is -2.36. The van der Waals surface area contributed by atoms with E-state index in [4.69, 9.17) is 9.98 Å². The van der Waals surface area contributed by atoms with Crippen molar-refractivity contribution in [2.45, 2.75) is 6.17 Å². The largest absolute Gasteiger partial charge is 0.324 e. The predicted octanol–water partition coefficient (Wildman–Crippen LogP) is 13.8. The number of hydrogen-bond donors (Lipinski definition) is 1. The maximum Gasteiger partial charge on any atom is 0.170 e. The van der Waals surface area contributed by atoms with Gasteiger partial charge in [-0.25, -0.2) is 9.98 Å². The van der Waals surface area contributed by atoms with Gasteiger partial charge in [-0.15, -0.1) is 0 Å². The number of hydrogen-bond acceptors (Lipinski definition) is 3. The second kappa shape index (κ2) is 14.1. The topological polar surface area (TPSA) is 36.8 Å². The van der Waals surface area contributed by atoms with Crippen LogP contribution in [0.1, 0.15) is 22.9 Å². The molecule has 1 aliphatic rings. The minimum Gasteiger partial charge on any atom is -0.324 e. The fourth-order valence-corrected chi connectivity index (χ4v) is 8.64. The van der Waals surface area contributed by atoms with Crippen molar-refractivity contribution < 1.29 is 0 Å². The maximum absolute atomic E-state index is 5.43. The summed E-state index contributed by atoms with van der Waals surface area (Å²) in [7, 11) is 0. The van der Waals surface area contributed by atoms with Crippen LogP contribution < -0.4 is 5.32 Å². The first-order chi connectivity index (χ1) is 28.7. The average Bonchev–Trinajstić information content (AvgIpc) is 3.31. The van der Waals surface area contributed by atoms with Crippen molar-refractivity contribution in [2.75, 3.05) is 0 Å². The molecule has 0 radical (unpaired) electrons. The monoisotopic (exact) mass is 739 g/mol. The molecule has 10 aromatic carbocycles. The van der Waals surface area contributed by atoms with E-state index in [-0.39, 0.29) is 0 Å². The zero-order valence-corrected chi connectivity index (χ0v) is 31.7. The summed E-state index contributed by atoms with van der Waals surface area (Å²) in [5, 5.41) is 13.3. The lowest BCUT2D eigenvalue weighted by Gasteiger charge is -2.24. The SMILES string of the molecule is c1ccc(C2=NC(c3cc4ccc(-c5cccc6ccccc56)cc4c4cc(-c5cccc6ccccc56)ccc34)N=C(c3cccc(-c4ccccc4)c3)N2)cc1. The molecule has 1 atom stereocenters. The zero-order chi connectivity index (χ0) is 38.4. The van der Waals surface area contributed by atoms with E-state index in [0.29, 0.717) is 0 Å². The highest BCUT2D eigenvalue weighted by atomic mass is 15.2. The molecule has 11 rings (SSSR count). The van der Waals surface area contributed by atoms with Gasteiger partial charge in [0.15, 0.2) is 6.17 Å². The van der Waals surface area contributed by atoms with E-state index in [1.807, 2.05) is 6.07 Å². The van der Waals surface area contributed by atoms with E-state index in [0.717, 1.165) is 44.7 Å². The molecule has 1 heterocycles. The molecule has 0 spiro atoms. The number of nitrogens with one attached hydrogen (secondary N) is 1. The summed E-state index contributed by atoms with van der Waals surface area (Å²) in [4.78, 5) is 10.8. The Balaban J connectivity index is 1.14. The van der Waals surface area contributed by atoms with Gasteiger partial charge in [-0.1, -0.05) is 188 Å². The lowest BCUT2D eigenvalue weighted by atomic mass is 9.89. The van der Waals surface area contributed by atoms with E-state index >= 15 is 0 Å². The third-order valence-corrected chi connectivity index (χ3v) is 11.5. The summed E-state index contributed by atoms with van der Waals surface area (Å²) in [5.74, 6) is 1.59. The van der Waals surface area contributed by atoms with Gasteiger partial charge < -0.3 is 5.32 Å². The van der Waals surface area contributed by atoms with Crippen LogP contribution in [-0.2, 0) is 0 Å². The molecule has 1 N–H and O–H groups in total. The fourth-order valence-electron chi connectivity index (χ4n) is 8.64. The number of fused-ring (bicyclic) bond motifs is 5. The van der Waals surface area contributed by atoms with Crippen molar-refractivity contribution in [3.63, 3.8) is 0 Å². The van der Waals surface area contributed by atoms with Crippen LogP contribution >= 0.6 is 0 Å². The van der Waals surface area contributed by atoms with E-state index in [1.165, 1.54) is 60.1 Å². The average molecular weight is 740 g/mol. The number of rotatable bonds is 6. The Bertz CT molecular complexity index is 3240. The van der Waals surface area contributed by atoms with Crippen molar-refractivity contribution >= 4 is 54.8 Å². The highest BCUT2D eigenvalue weighted by molar-refractivity contribution is 6.17. The lowest BCUT2D eigenvalue weighted by molar-refractivity contribution is 0.763. The molecule has 0 saturated carbocycles. The Hall–Kier alpha value is -7.62. The van der Waals surface area contributed by atoms with Gasteiger partial charge in [0.05, 0.1) is 0 Å². The Labute approximate surface area is 337 Å². The van der Waals surface area contributed by atoms with E-state index in [9.17, 15) is 0 Å². The Morgan fingerprint density at radius 2 is 0.810 bits per heavy atom. The van der Waals surface area contributed by atoms with Gasteiger partial charge in [0.1, 0.15) is 11.7 Å². The standard InChI is InChI=1S/C55H37N3/c1-3-14-36(15-4-1)40-22-11-23-44(32-40)54-56-53(39-18-5-2-6-19-39)57-55(58-54)52-35-43-29-28-41(47-26-12-20-37-16-7-9-24-45(37)47)33-50(43)51-34-42(30-31-49(51)52)48-27-13-21-38-17-8-10-25-46(38)48/h1-35,55H,(H,56,57,58). The van der Waals surface area contributed by atoms with Gasteiger partial charge in [0, 0.05) is 16.7 Å². The predicted molar refractivity (Wildman–Crippen MR) is 245 cm³/mol. The van der Waals surface area contributed by atoms with E-state index in [2.05, 4.69) is 212 Å². The van der Waals surface area contributed by atoms with E-state index in [1.54, 1.807) is 0 Å². The van der Waals surface area contributed by atoms with Crippen molar-refractivity contribution in [1.82, 2.24) is 5.32 Å². The first-order valence-corrected chi connectivity index (χ1v) is 19.8. The van der Waals surface area contributed by atoms with Crippen LogP contribution in [0.3, 0.4) is 0 Å². The Morgan fingerprint density at radius 1 is 0.293 bits per heavy atom. The third kappa shape index (κ3) is 6.01. The van der Waals surface area contributed by atoms with Gasteiger partial charge in [-0.2, -0.15) is 0 Å². The van der Waals surface area contributed by atoms with Crippen LogP contribution in [0.4, 0.5) is 0 Å². The smallest absolute Gasteiger partial charge is 0.170 e. The summed E-state index contributed by atoms with van der Waals surface area (Å²) in [5.41, 5.74) is 10.2. The van der Waals surface area contributed by atoms with Crippen molar-refractivity contribution in [3.05, 3.63) is 229 Å². The van der Waals surface area contributed by atoms with Gasteiger partial charge in [0.25, 0.3) is 0 Å². The second-order valence-corrected chi connectivity index (χ2v) is 15.0. The molecular weight excluding hydrogens is 703 g/mol. The number of benzene rings is 10. The molecular formula is C55H37N3. The highest BCUT2D eigenvalue weighted by Crippen LogP contribution is 2.41. The van der Waals surface area contributed by atoms with E-state index < -0.39 is 6.17 Å². The molecule has 0 fully saturated rings. The summed E-state index contributed by atoms with van der Waals surface area (Å²) in [6.07, 6.45) is -0.486. The molecule has 3 nitrogen and oxygen atoms in total. The Kier molecular flexibility index (Phi) is 8.22. The first kappa shape index (κ1) is 33.7. The first-order valence-electron chi connectivity index (χ1n) is 19.8. The molecule has 0 amide bonds. The van der Waals surface area contributed by atoms with Crippen LogP contribution in [0.15, 0.2) is 222 Å². The molecule has 3 heteroatoms. The van der Waals surface area contributed by atoms with Crippen molar-refractivity contribution in [1.29, 1.82) is 0 Å². The third-order valence-electron chi connectivity index (χ3n) is 11.5. The molecule has 0 aliphatic carbocycles. The minimum atomic E-state index is -0.486. The van der Waals surface area contributed by atoms with Gasteiger partial charge in [-0.05, 0) is 101 Å². The van der Waals surface area contributed by atoms with Crippen LogP contribution in [0.5, 0.6) is 0 Å². The molecule has 1 aliphatic heterocycles. The fraction of sp³-hybridized carbons (Fsp3) is 0.0182. The molecule has 0 saturated heterocycles. The van der Waals surface area contributed by atoms with Crippen LogP contribution in [0, 0.1) is 0 Å². The maximum atomic E-state index is 5.43. The van der Waals surface area contributed by atoms with Crippen LogP contribution in [-0.4, -0.2) is 11.7 Å². The highest BCUT2D eigenvalue weighted by Gasteiger charge is 2.24. The normalized spacial score (nSPS) is 14.0. The van der Waals surface area contributed by atoms with Crippen molar-refractivity contribution in [3.8, 4) is 33.4 Å². The van der Waals surface area contributed by atoms with Gasteiger partial charge in [-0.3, -0.25) is 0 Å². The minimum absolute atomic E-state index is 0.486. The summed E-state index contributed by atoms with van der Waals surface area (Å²) < 4.78 is 0. The summed E-state index contributed by atoms with van der Waals surface area (Å²) in [6.45, 7) is 0. The number of nitrogens with zero attached hydrogens (tertiary/aromatic N) is 2. The number of amidine groups is 2.